The summed E-state index contributed by atoms with van der Waals surface area (Å²) in [5.74, 6) is -2.71. The summed E-state index contributed by atoms with van der Waals surface area (Å²) in [6, 6.07) is 3.68. The molecule has 0 aliphatic heterocycles. The molecule has 1 aromatic carbocycles. The van der Waals surface area contributed by atoms with E-state index >= 15 is 0 Å². The van der Waals surface area contributed by atoms with E-state index in [-0.39, 0.29) is 28.4 Å². The van der Waals surface area contributed by atoms with E-state index in [1.165, 1.54) is 19.2 Å². The van der Waals surface area contributed by atoms with Crippen LogP contribution in [0, 0.1) is 10.1 Å². The number of aliphatic carboxylic acids is 1. The molecule has 0 radical (unpaired) electrons. The van der Waals surface area contributed by atoms with Gasteiger partial charge < -0.3 is 20.9 Å². The molecule has 0 fully saturated rings. The molecule has 24 heavy (non-hydrogen) atoms. The van der Waals surface area contributed by atoms with Crippen LogP contribution in [-0.4, -0.2) is 53.3 Å². The number of nitrogens with zero attached hydrogens (tertiary/aromatic N) is 1. The minimum absolute atomic E-state index is 0.0140. The van der Waals surface area contributed by atoms with Crippen molar-refractivity contribution in [2.24, 2.45) is 5.73 Å². The molecule has 0 saturated heterocycles. The number of carboxylic acids is 1. The molecule has 1 unspecified atom stereocenters. The van der Waals surface area contributed by atoms with Crippen LogP contribution in [0.4, 0.5) is 5.69 Å². The highest BCUT2D eigenvalue weighted by atomic mass is 32.2. The van der Waals surface area contributed by atoms with Crippen LogP contribution in [0.25, 0.3) is 0 Å². The number of nitrogens with two attached hydrogens (primary N) is 1. The van der Waals surface area contributed by atoms with E-state index in [0.29, 0.717) is 0 Å². The monoisotopic (exact) mass is 357 g/mol. The number of hydrogen-bond donors (Lipinski definition) is 3. The number of carbonyl (C=O) groups is 3. The fourth-order valence-corrected chi connectivity index (χ4v) is 2.44. The molecule has 0 aliphatic carbocycles. The summed E-state index contributed by atoms with van der Waals surface area (Å²) >= 11 is 0.877. The van der Waals surface area contributed by atoms with Crippen LogP contribution in [0.15, 0.2) is 23.1 Å². The lowest BCUT2D eigenvalue weighted by atomic mass is 10.2. The van der Waals surface area contributed by atoms with Crippen molar-refractivity contribution >= 4 is 35.2 Å². The summed E-state index contributed by atoms with van der Waals surface area (Å²) in [5, 5.41) is 22.1. The van der Waals surface area contributed by atoms with E-state index in [1.54, 1.807) is 0 Å². The first-order valence-electron chi connectivity index (χ1n) is 6.49. The number of methoxy groups -OCH3 is 1. The minimum atomic E-state index is -1.22. The molecular weight excluding hydrogens is 342 g/mol. The third kappa shape index (κ3) is 5.52. The predicted octanol–water partition coefficient (Wildman–Crippen LogP) is 0.00160. The lowest BCUT2D eigenvalue weighted by Gasteiger charge is -2.11. The van der Waals surface area contributed by atoms with Crippen LogP contribution >= 0.6 is 11.8 Å². The number of amides is 2. The van der Waals surface area contributed by atoms with Gasteiger partial charge in [-0.1, -0.05) is 0 Å². The molecule has 0 saturated carbocycles. The Hall–Kier alpha value is -2.66. The zero-order valence-corrected chi connectivity index (χ0v) is 13.4. The van der Waals surface area contributed by atoms with Crippen molar-refractivity contribution in [1.29, 1.82) is 0 Å². The third-order valence-electron chi connectivity index (χ3n) is 2.84. The highest BCUT2D eigenvalue weighted by Crippen LogP contribution is 2.29. The number of nitro benzene ring substituents is 1. The standard InChI is InChI=1S/C13H15N3O7S/c1-23-9(13(19)20)5-15-11(17)6-24-10-3-2-7(12(14)18)4-8(10)16(21)22/h2-4,9H,5-6H2,1H3,(H2,14,18)(H,15,17)(H,19,20). The highest BCUT2D eigenvalue weighted by Gasteiger charge is 2.20. The van der Waals surface area contributed by atoms with E-state index in [2.05, 4.69) is 10.1 Å². The second kappa shape index (κ2) is 8.84. The van der Waals surface area contributed by atoms with Gasteiger partial charge in [0, 0.05) is 18.7 Å². The first-order chi connectivity index (χ1) is 11.3. The van der Waals surface area contributed by atoms with Gasteiger partial charge in [-0.25, -0.2) is 4.79 Å². The summed E-state index contributed by atoms with van der Waals surface area (Å²) in [5.41, 5.74) is 4.71. The minimum Gasteiger partial charge on any atom is -0.479 e. The Kier molecular flexibility index (Phi) is 7.14. The van der Waals surface area contributed by atoms with E-state index in [4.69, 9.17) is 10.8 Å². The molecular formula is C13H15N3O7S. The molecule has 0 bridgehead atoms. The fourth-order valence-electron chi connectivity index (χ4n) is 1.61. The molecule has 1 atom stereocenters. The Bertz CT molecular complexity index is 665. The van der Waals surface area contributed by atoms with Crippen molar-refractivity contribution in [2.75, 3.05) is 19.4 Å². The third-order valence-corrected chi connectivity index (χ3v) is 3.91. The summed E-state index contributed by atoms with van der Waals surface area (Å²) in [6.45, 7) is -0.228. The van der Waals surface area contributed by atoms with Crippen molar-refractivity contribution in [2.45, 2.75) is 11.0 Å². The number of carbonyl (C=O) groups excluding carboxylic acids is 2. The number of carboxylic acid groups (broad SMARTS) is 1. The number of benzene rings is 1. The van der Waals surface area contributed by atoms with Gasteiger partial charge in [0.25, 0.3) is 5.69 Å². The Labute approximate surface area is 140 Å². The smallest absolute Gasteiger partial charge is 0.334 e. The SMILES string of the molecule is COC(CNC(=O)CSc1ccc(C(N)=O)cc1[N+](=O)[O-])C(=O)O. The zero-order chi connectivity index (χ0) is 18.3. The molecule has 10 nitrogen and oxygen atoms in total. The molecule has 11 heteroatoms. The first-order valence-corrected chi connectivity index (χ1v) is 7.48. The van der Waals surface area contributed by atoms with Gasteiger partial charge in [0.2, 0.25) is 11.8 Å². The van der Waals surface area contributed by atoms with Gasteiger partial charge in [-0.05, 0) is 12.1 Å². The Balaban J connectivity index is 2.70. The molecule has 0 heterocycles. The highest BCUT2D eigenvalue weighted by molar-refractivity contribution is 8.00. The van der Waals surface area contributed by atoms with Gasteiger partial charge in [-0.3, -0.25) is 19.7 Å². The molecule has 1 rings (SSSR count). The summed E-state index contributed by atoms with van der Waals surface area (Å²) in [7, 11) is 1.20. The van der Waals surface area contributed by atoms with Crippen LogP contribution in [0.3, 0.4) is 0 Å². The summed E-state index contributed by atoms with van der Waals surface area (Å²) in [6.07, 6.45) is -1.18. The number of nitro groups is 1. The number of ether oxygens (including phenoxy) is 1. The average Bonchev–Trinajstić information content (AvgIpc) is 2.52. The first kappa shape index (κ1) is 19.4. The molecule has 1 aromatic rings. The maximum Gasteiger partial charge on any atom is 0.334 e. The normalized spacial score (nSPS) is 11.5. The van der Waals surface area contributed by atoms with Crippen LogP contribution in [-0.2, 0) is 14.3 Å². The number of primary amides is 1. The van der Waals surface area contributed by atoms with Crippen molar-refractivity contribution in [1.82, 2.24) is 5.32 Å². The number of rotatable bonds is 9. The Morgan fingerprint density at radius 1 is 1.46 bits per heavy atom. The number of hydrogen-bond acceptors (Lipinski definition) is 7. The maximum absolute atomic E-state index is 11.7. The van der Waals surface area contributed by atoms with Crippen LogP contribution < -0.4 is 11.1 Å². The second-order valence-corrected chi connectivity index (χ2v) is 5.48. The number of nitrogens with one attached hydrogen (secondary N) is 1. The van der Waals surface area contributed by atoms with Gasteiger partial charge in [0.15, 0.2) is 6.10 Å². The summed E-state index contributed by atoms with van der Waals surface area (Å²) in [4.78, 5) is 44.0. The molecule has 0 aliphatic rings. The fraction of sp³-hybridized carbons (Fsp3) is 0.308. The van der Waals surface area contributed by atoms with Crippen LogP contribution in [0.5, 0.6) is 0 Å². The second-order valence-electron chi connectivity index (χ2n) is 4.46. The molecule has 0 aromatic heterocycles. The van der Waals surface area contributed by atoms with Gasteiger partial charge in [-0.15, -0.1) is 11.8 Å². The largest absolute Gasteiger partial charge is 0.479 e. The van der Waals surface area contributed by atoms with Gasteiger partial charge in [-0.2, -0.15) is 0 Å². The molecule has 0 spiro atoms. The topological polar surface area (TPSA) is 162 Å². The van der Waals surface area contributed by atoms with E-state index < -0.39 is 28.8 Å². The molecule has 4 N–H and O–H groups in total. The van der Waals surface area contributed by atoms with Crippen molar-refractivity contribution in [3.05, 3.63) is 33.9 Å². The zero-order valence-electron chi connectivity index (χ0n) is 12.6. The van der Waals surface area contributed by atoms with Gasteiger partial charge in [0.1, 0.15) is 0 Å². The van der Waals surface area contributed by atoms with Crippen molar-refractivity contribution < 1.29 is 29.2 Å². The number of thioether (sulfide) groups is 1. The van der Waals surface area contributed by atoms with E-state index in [0.717, 1.165) is 17.8 Å². The van der Waals surface area contributed by atoms with Crippen LogP contribution in [0.1, 0.15) is 10.4 Å². The van der Waals surface area contributed by atoms with Crippen LogP contribution in [0.2, 0.25) is 0 Å². The average molecular weight is 357 g/mol. The van der Waals surface area contributed by atoms with Gasteiger partial charge in [0.05, 0.1) is 22.1 Å². The van der Waals surface area contributed by atoms with E-state index in [1.807, 2.05) is 0 Å². The van der Waals surface area contributed by atoms with Gasteiger partial charge >= 0.3 is 5.97 Å². The lowest BCUT2D eigenvalue weighted by molar-refractivity contribution is -0.387. The van der Waals surface area contributed by atoms with Crippen molar-refractivity contribution in [3.8, 4) is 0 Å². The summed E-state index contributed by atoms with van der Waals surface area (Å²) < 4.78 is 4.66. The maximum atomic E-state index is 11.7. The Morgan fingerprint density at radius 2 is 2.12 bits per heavy atom. The molecule has 130 valence electrons. The quantitative estimate of drug-likeness (QED) is 0.316. The Morgan fingerprint density at radius 3 is 2.62 bits per heavy atom. The van der Waals surface area contributed by atoms with Crippen molar-refractivity contribution in [3.63, 3.8) is 0 Å². The predicted molar refractivity (Wildman–Crippen MR) is 83.8 cm³/mol. The molecule has 2 amide bonds. The van der Waals surface area contributed by atoms with E-state index in [9.17, 15) is 24.5 Å². The lowest BCUT2D eigenvalue weighted by Crippen LogP contribution is -2.38.